The topological polar surface area (TPSA) is 49.8 Å². The molecule has 0 amide bonds. The van der Waals surface area contributed by atoms with Gasteiger partial charge in [-0.3, -0.25) is 4.57 Å². The van der Waals surface area contributed by atoms with Crippen LogP contribution in [-0.4, -0.2) is 9.55 Å². The summed E-state index contributed by atoms with van der Waals surface area (Å²) in [6, 6.07) is 16.0. The fourth-order valence-electron chi connectivity index (χ4n) is 2.41. The third-order valence-electron chi connectivity index (χ3n) is 3.30. The van der Waals surface area contributed by atoms with Crippen molar-refractivity contribution in [1.82, 2.24) is 9.55 Å². The zero-order valence-electron chi connectivity index (χ0n) is 11.6. The molecule has 4 heteroatoms. The lowest BCUT2D eigenvalue weighted by Crippen LogP contribution is -2.18. The third-order valence-corrected chi connectivity index (χ3v) is 3.30. The Kier molecular flexibility index (Phi) is 3.06. The molecule has 0 bridgehead atoms. The van der Waals surface area contributed by atoms with Crippen LogP contribution in [-0.2, 0) is 0 Å². The molecule has 0 aliphatic heterocycles. The van der Waals surface area contributed by atoms with Gasteiger partial charge in [0.2, 0.25) is 0 Å². The Morgan fingerprint density at radius 2 is 1.80 bits per heavy atom. The summed E-state index contributed by atoms with van der Waals surface area (Å²) in [6.45, 7) is 4.01. The molecular formula is C16H17N3O. The van der Waals surface area contributed by atoms with Crippen molar-refractivity contribution in [3.8, 4) is 0 Å². The van der Waals surface area contributed by atoms with E-state index in [1.165, 1.54) is 0 Å². The van der Waals surface area contributed by atoms with E-state index in [-0.39, 0.29) is 11.7 Å². The van der Waals surface area contributed by atoms with Gasteiger partial charge in [-0.05, 0) is 44.2 Å². The first kappa shape index (κ1) is 12.5. The zero-order chi connectivity index (χ0) is 14.1. The van der Waals surface area contributed by atoms with Gasteiger partial charge >= 0.3 is 5.69 Å². The van der Waals surface area contributed by atoms with E-state index >= 15 is 0 Å². The Labute approximate surface area is 117 Å². The Hall–Kier alpha value is -2.49. The SMILES string of the molecule is CC(C)n1c(=O)[nH]c2cc(Nc3ccccc3)ccc21. The van der Waals surface area contributed by atoms with Crippen LogP contribution in [0, 0.1) is 0 Å². The van der Waals surface area contributed by atoms with Gasteiger partial charge in [0.05, 0.1) is 11.0 Å². The van der Waals surface area contributed by atoms with E-state index in [1.54, 1.807) is 4.57 Å². The van der Waals surface area contributed by atoms with Gasteiger partial charge in [0.15, 0.2) is 0 Å². The number of benzene rings is 2. The number of nitrogens with zero attached hydrogens (tertiary/aromatic N) is 1. The summed E-state index contributed by atoms with van der Waals surface area (Å²) in [5.74, 6) is 0. The summed E-state index contributed by atoms with van der Waals surface area (Å²) in [5, 5.41) is 3.32. The second-order valence-electron chi connectivity index (χ2n) is 5.12. The minimum absolute atomic E-state index is 0.0631. The van der Waals surface area contributed by atoms with Crippen molar-refractivity contribution in [2.75, 3.05) is 5.32 Å². The van der Waals surface area contributed by atoms with Crippen LogP contribution in [0.5, 0.6) is 0 Å². The number of fused-ring (bicyclic) bond motifs is 1. The predicted molar refractivity (Wildman–Crippen MR) is 82.7 cm³/mol. The molecule has 2 N–H and O–H groups in total. The molecule has 0 spiro atoms. The van der Waals surface area contributed by atoms with Crippen molar-refractivity contribution >= 4 is 22.4 Å². The zero-order valence-corrected chi connectivity index (χ0v) is 11.6. The first-order valence-electron chi connectivity index (χ1n) is 6.71. The highest BCUT2D eigenvalue weighted by Crippen LogP contribution is 2.22. The smallest absolute Gasteiger partial charge is 0.326 e. The Morgan fingerprint density at radius 1 is 1.05 bits per heavy atom. The number of rotatable bonds is 3. The summed E-state index contributed by atoms with van der Waals surface area (Å²) in [6.07, 6.45) is 0. The van der Waals surface area contributed by atoms with E-state index < -0.39 is 0 Å². The Morgan fingerprint density at radius 3 is 2.50 bits per heavy atom. The van der Waals surface area contributed by atoms with Crippen molar-refractivity contribution in [2.24, 2.45) is 0 Å². The molecule has 0 fully saturated rings. The number of hydrogen-bond acceptors (Lipinski definition) is 2. The molecule has 0 aliphatic carbocycles. The fourth-order valence-corrected chi connectivity index (χ4v) is 2.41. The molecule has 0 unspecified atom stereocenters. The first-order chi connectivity index (χ1) is 9.65. The van der Waals surface area contributed by atoms with Crippen molar-refractivity contribution in [2.45, 2.75) is 19.9 Å². The Bertz CT molecular complexity index is 784. The molecule has 2 aromatic carbocycles. The van der Waals surface area contributed by atoms with Gasteiger partial charge in [-0.15, -0.1) is 0 Å². The number of aromatic amines is 1. The number of para-hydroxylation sites is 1. The number of H-pyrrole nitrogens is 1. The summed E-state index contributed by atoms with van der Waals surface area (Å²) >= 11 is 0. The number of imidazole rings is 1. The number of anilines is 2. The van der Waals surface area contributed by atoms with Crippen molar-refractivity contribution in [3.05, 3.63) is 59.0 Å². The van der Waals surface area contributed by atoms with E-state index in [0.717, 1.165) is 22.4 Å². The first-order valence-corrected chi connectivity index (χ1v) is 6.71. The van der Waals surface area contributed by atoms with Crippen LogP contribution in [0.25, 0.3) is 11.0 Å². The van der Waals surface area contributed by atoms with Crippen LogP contribution in [0.15, 0.2) is 53.3 Å². The molecule has 20 heavy (non-hydrogen) atoms. The molecule has 1 heterocycles. The van der Waals surface area contributed by atoms with Crippen molar-refractivity contribution < 1.29 is 0 Å². The predicted octanol–water partition coefficient (Wildman–Crippen LogP) is 3.65. The van der Waals surface area contributed by atoms with Gasteiger partial charge in [0.1, 0.15) is 0 Å². The van der Waals surface area contributed by atoms with Crippen molar-refractivity contribution in [3.63, 3.8) is 0 Å². The van der Waals surface area contributed by atoms with E-state index in [0.29, 0.717) is 0 Å². The second kappa shape index (κ2) is 4.89. The third kappa shape index (κ3) is 2.20. The van der Waals surface area contributed by atoms with Crippen molar-refractivity contribution in [1.29, 1.82) is 0 Å². The Balaban J connectivity index is 2.02. The molecular weight excluding hydrogens is 250 g/mol. The largest absolute Gasteiger partial charge is 0.355 e. The molecule has 0 saturated heterocycles. The summed E-state index contributed by atoms with van der Waals surface area (Å²) < 4.78 is 1.77. The highest BCUT2D eigenvalue weighted by Gasteiger charge is 2.09. The molecule has 0 atom stereocenters. The standard InChI is InChI=1S/C16H17N3O/c1-11(2)19-15-9-8-13(10-14(15)18-16(19)20)17-12-6-4-3-5-7-12/h3-11,17H,1-2H3,(H,18,20). The normalized spacial score (nSPS) is 11.2. The maximum Gasteiger partial charge on any atom is 0.326 e. The van der Waals surface area contributed by atoms with E-state index in [1.807, 2.05) is 62.4 Å². The van der Waals surface area contributed by atoms with Crippen LogP contribution in [0.1, 0.15) is 19.9 Å². The number of hydrogen-bond donors (Lipinski definition) is 2. The molecule has 0 radical (unpaired) electrons. The molecule has 1 aromatic heterocycles. The van der Waals surface area contributed by atoms with Crippen LogP contribution < -0.4 is 11.0 Å². The monoisotopic (exact) mass is 267 g/mol. The van der Waals surface area contributed by atoms with E-state index in [2.05, 4.69) is 10.3 Å². The second-order valence-corrected chi connectivity index (χ2v) is 5.12. The van der Waals surface area contributed by atoms with Crippen LogP contribution in [0.3, 0.4) is 0 Å². The molecule has 3 rings (SSSR count). The average molecular weight is 267 g/mol. The summed E-state index contributed by atoms with van der Waals surface area (Å²) in [4.78, 5) is 14.8. The van der Waals surface area contributed by atoms with E-state index in [4.69, 9.17) is 0 Å². The summed E-state index contributed by atoms with van der Waals surface area (Å²) in [5.41, 5.74) is 3.71. The lowest BCUT2D eigenvalue weighted by atomic mass is 10.2. The average Bonchev–Trinajstić information content (AvgIpc) is 2.75. The minimum Gasteiger partial charge on any atom is -0.355 e. The molecule has 0 aliphatic rings. The van der Waals surface area contributed by atoms with Crippen LogP contribution >= 0.6 is 0 Å². The lowest BCUT2D eigenvalue weighted by Gasteiger charge is -2.08. The van der Waals surface area contributed by atoms with Gasteiger partial charge in [0.25, 0.3) is 0 Å². The molecule has 102 valence electrons. The van der Waals surface area contributed by atoms with Gasteiger partial charge in [-0.25, -0.2) is 4.79 Å². The lowest BCUT2D eigenvalue weighted by molar-refractivity contribution is 0.598. The number of nitrogens with one attached hydrogen (secondary N) is 2. The van der Waals surface area contributed by atoms with Crippen LogP contribution in [0.2, 0.25) is 0 Å². The maximum absolute atomic E-state index is 11.9. The number of aromatic nitrogens is 2. The maximum atomic E-state index is 11.9. The van der Waals surface area contributed by atoms with Gasteiger partial charge in [-0.2, -0.15) is 0 Å². The highest BCUT2D eigenvalue weighted by atomic mass is 16.1. The molecule has 3 aromatic rings. The highest BCUT2D eigenvalue weighted by molar-refractivity contribution is 5.81. The van der Waals surface area contributed by atoms with Crippen LogP contribution in [0.4, 0.5) is 11.4 Å². The van der Waals surface area contributed by atoms with Gasteiger partial charge in [-0.1, -0.05) is 18.2 Å². The summed E-state index contributed by atoms with van der Waals surface area (Å²) in [7, 11) is 0. The molecule has 4 nitrogen and oxygen atoms in total. The fraction of sp³-hybridized carbons (Fsp3) is 0.188. The quantitative estimate of drug-likeness (QED) is 0.761. The van der Waals surface area contributed by atoms with Gasteiger partial charge < -0.3 is 10.3 Å². The minimum atomic E-state index is -0.0631. The van der Waals surface area contributed by atoms with Gasteiger partial charge in [0, 0.05) is 17.4 Å². The molecule has 0 saturated carbocycles. The van der Waals surface area contributed by atoms with E-state index in [9.17, 15) is 4.79 Å².